The first-order valence-electron chi connectivity index (χ1n) is 7.32. The summed E-state index contributed by atoms with van der Waals surface area (Å²) >= 11 is 0. The first-order chi connectivity index (χ1) is 9.70. The predicted octanol–water partition coefficient (Wildman–Crippen LogP) is 2.78. The van der Waals surface area contributed by atoms with Gasteiger partial charge in [-0.1, -0.05) is 13.0 Å². The summed E-state index contributed by atoms with van der Waals surface area (Å²) in [6.45, 7) is 7.51. The molecule has 1 N–H and O–H groups in total. The quantitative estimate of drug-likeness (QED) is 0.869. The predicted molar refractivity (Wildman–Crippen MR) is 79.5 cm³/mol. The molecule has 0 bridgehead atoms. The Morgan fingerprint density at radius 3 is 2.70 bits per heavy atom. The highest BCUT2D eigenvalue weighted by Gasteiger charge is 2.14. The van der Waals surface area contributed by atoms with Crippen molar-refractivity contribution >= 4 is 0 Å². The molecule has 1 aromatic carbocycles. The maximum absolute atomic E-state index is 5.73. The van der Waals surface area contributed by atoms with E-state index < -0.39 is 0 Å². The molecule has 0 saturated carbocycles. The lowest BCUT2D eigenvalue weighted by Crippen LogP contribution is -2.26. The van der Waals surface area contributed by atoms with Gasteiger partial charge in [0, 0.05) is 32.7 Å². The molecule has 0 amide bonds. The zero-order chi connectivity index (χ0) is 14.4. The van der Waals surface area contributed by atoms with Crippen molar-refractivity contribution in [1.82, 2.24) is 5.32 Å². The second-order valence-corrected chi connectivity index (χ2v) is 5.45. The van der Waals surface area contributed by atoms with E-state index in [0.717, 1.165) is 44.3 Å². The molecule has 20 heavy (non-hydrogen) atoms. The molecule has 2 unspecified atom stereocenters. The Kier molecular flexibility index (Phi) is 5.68. The summed E-state index contributed by atoms with van der Waals surface area (Å²) in [6.07, 6.45) is 0.937. The van der Waals surface area contributed by atoms with Crippen molar-refractivity contribution in [3.8, 4) is 11.5 Å². The third-order valence-electron chi connectivity index (χ3n) is 3.50. The largest absolute Gasteiger partial charge is 0.490 e. The molecular formula is C16H25NO3. The third kappa shape index (κ3) is 4.12. The van der Waals surface area contributed by atoms with Gasteiger partial charge < -0.3 is 19.5 Å². The standard InChI is InChI=1S/C16H25NO3/c1-12(11-18-3)10-17-13(2)14-5-6-15-16(9-14)20-8-4-7-19-15/h5-6,9,12-13,17H,4,7-8,10-11H2,1-3H3. The van der Waals surface area contributed by atoms with Crippen molar-refractivity contribution in [2.24, 2.45) is 5.92 Å². The van der Waals surface area contributed by atoms with Gasteiger partial charge in [0.1, 0.15) is 0 Å². The van der Waals surface area contributed by atoms with E-state index in [9.17, 15) is 0 Å². The van der Waals surface area contributed by atoms with Gasteiger partial charge in [0.25, 0.3) is 0 Å². The fraction of sp³-hybridized carbons (Fsp3) is 0.625. The van der Waals surface area contributed by atoms with E-state index in [0.29, 0.717) is 5.92 Å². The number of rotatable bonds is 6. The summed E-state index contributed by atoms with van der Waals surface area (Å²) in [4.78, 5) is 0. The van der Waals surface area contributed by atoms with Crippen LogP contribution in [0.1, 0.15) is 31.9 Å². The van der Waals surface area contributed by atoms with Crippen molar-refractivity contribution in [2.75, 3.05) is 33.5 Å². The molecular weight excluding hydrogens is 254 g/mol. The van der Waals surface area contributed by atoms with E-state index in [1.165, 1.54) is 5.56 Å². The summed E-state index contributed by atoms with van der Waals surface area (Å²) in [5, 5.41) is 3.53. The lowest BCUT2D eigenvalue weighted by Gasteiger charge is -2.19. The second kappa shape index (κ2) is 7.50. The van der Waals surface area contributed by atoms with Gasteiger partial charge in [0.15, 0.2) is 11.5 Å². The van der Waals surface area contributed by atoms with Gasteiger partial charge in [-0.25, -0.2) is 0 Å². The van der Waals surface area contributed by atoms with E-state index in [2.05, 4.69) is 31.3 Å². The summed E-state index contributed by atoms with van der Waals surface area (Å²) in [7, 11) is 1.74. The highest BCUT2D eigenvalue weighted by atomic mass is 16.5. The molecule has 1 aliphatic heterocycles. The van der Waals surface area contributed by atoms with Crippen LogP contribution >= 0.6 is 0 Å². The van der Waals surface area contributed by atoms with Crippen LogP contribution < -0.4 is 14.8 Å². The molecule has 4 heteroatoms. The molecule has 0 radical (unpaired) electrons. The van der Waals surface area contributed by atoms with Gasteiger partial charge in [-0.2, -0.15) is 0 Å². The normalized spacial score (nSPS) is 17.4. The molecule has 2 atom stereocenters. The molecule has 1 heterocycles. The molecule has 0 spiro atoms. The Bertz CT molecular complexity index is 422. The molecule has 1 aliphatic rings. The second-order valence-electron chi connectivity index (χ2n) is 5.45. The van der Waals surface area contributed by atoms with E-state index in [1.807, 2.05) is 6.07 Å². The molecule has 4 nitrogen and oxygen atoms in total. The first kappa shape index (κ1) is 15.1. The van der Waals surface area contributed by atoms with Gasteiger partial charge in [0.2, 0.25) is 0 Å². The zero-order valence-electron chi connectivity index (χ0n) is 12.6. The Hall–Kier alpha value is -1.26. The first-order valence-corrected chi connectivity index (χ1v) is 7.32. The van der Waals surface area contributed by atoms with Crippen molar-refractivity contribution in [2.45, 2.75) is 26.3 Å². The Balaban J connectivity index is 1.96. The molecule has 2 rings (SSSR count). The number of ether oxygens (including phenoxy) is 3. The topological polar surface area (TPSA) is 39.7 Å². The molecule has 1 aromatic rings. The average Bonchev–Trinajstić information content (AvgIpc) is 2.69. The number of fused-ring (bicyclic) bond motifs is 1. The van der Waals surface area contributed by atoms with Crippen LogP contribution in [0.3, 0.4) is 0 Å². The van der Waals surface area contributed by atoms with Gasteiger partial charge in [-0.3, -0.25) is 0 Å². The van der Waals surface area contributed by atoms with Crippen LogP contribution in [-0.2, 0) is 4.74 Å². The van der Waals surface area contributed by atoms with Gasteiger partial charge >= 0.3 is 0 Å². The van der Waals surface area contributed by atoms with Crippen molar-refractivity contribution < 1.29 is 14.2 Å². The van der Waals surface area contributed by atoms with Crippen LogP contribution in [-0.4, -0.2) is 33.5 Å². The minimum absolute atomic E-state index is 0.284. The van der Waals surface area contributed by atoms with Crippen LogP contribution in [0.4, 0.5) is 0 Å². The number of hydrogen-bond donors (Lipinski definition) is 1. The van der Waals surface area contributed by atoms with Crippen LogP contribution in [0, 0.1) is 5.92 Å². The van der Waals surface area contributed by atoms with Crippen molar-refractivity contribution in [1.29, 1.82) is 0 Å². The van der Waals surface area contributed by atoms with Crippen LogP contribution in [0.25, 0.3) is 0 Å². The molecule has 0 fully saturated rings. The smallest absolute Gasteiger partial charge is 0.161 e. The van der Waals surface area contributed by atoms with E-state index >= 15 is 0 Å². The minimum atomic E-state index is 0.284. The monoisotopic (exact) mass is 279 g/mol. The highest BCUT2D eigenvalue weighted by molar-refractivity contribution is 5.44. The number of nitrogens with one attached hydrogen (secondary N) is 1. The number of hydrogen-bond acceptors (Lipinski definition) is 4. The lowest BCUT2D eigenvalue weighted by molar-refractivity contribution is 0.157. The fourth-order valence-electron chi connectivity index (χ4n) is 2.29. The van der Waals surface area contributed by atoms with E-state index in [1.54, 1.807) is 7.11 Å². The maximum Gasteiger partial charge on any atom is 0.161 e. The summed E-state index contributed by atoms with van der Waals surface area (Å²) in [5.74, 6) is 2.22. The summed E-state index contributed by atoms with van der Waals surface area (Å²) < 4.78 is 16.5. The van der Waals surface area contributed by atoms with E-state index in [4.69, 9.17) is 14.2 Å². The molecule has 0 saturated heterocycles. The van der Waals surface area contributed by atoms with Crippen LogP contribution in [0.5, 0.6) is 11.5 Å². The fourth-order valence-corrected chi connectivity index (χ4v) is 2.29. The minimum Gasteiger partial charge on any atom is -0.490 e. The van der Waals surface area contributed by atoms with Crippen molar-refractivity contribution in [3.63, 3.8) is 0 Å². The van der Waals surface area contributed by atoms with Crippen molar-refractivity contribution in [3.05, 3.63) is 23.8 Å². The SMILES string of the molecule is COCC(C)CNC(C)c1ccc2c(c1)OCCCO2. The van der Waals surface area contributed by atoms with Gasteiger partial charge in [0.05, 0.1) is 13.2 Å². The average molecular weight is 279 g/mol. The number of benzene rings is 1. The van der Waals surface area contributed by atoms with Gasteiger partial charge in [-0.15, -0.1) is 0 Å². The number of methoxy groups -OCH3 is 1. The summed E-state index contributed by atoms with van der Waals surface area (Å²) in [6, 6.07) is 6.48. The molecule has 112 valence electrons. The third-order valence-corrected chi connectivity index (χ3v) is 3.50. The van der Waals surface area contributed by atoms with E-state index in [-0.39, 0.29) is 6.04 Å². The zero-order valence-corrected chi connectivity index (χ0v) is 12.6. The maximum atomic E-state index is 5.73. The Labute approximate surface area is 121 Å². The Morgan fingerprint density at radius 2 is 1.95 bits per heavy atom. The van der Waals surface area contributed by atoms with Crippen LogP contribution in [0.15, 0.2) is 18.2 Å². The molecule has 0 aliphatic carbocycles. The lowest BCUT2D eigenvalue weighted by atomic mass is 10.1. The summed E-state index contributed by atoms with van der Waals surface area (Å²) in [5.41, 5.74) is 1.22. The van der Waals surface area contributed by atoms with Crippen LogP contribution in [0.2, 0.25) is 0 Å². The Morgan fingerprint density at radius 1 is 1.20 bits per heavy atom. The van der Waals surface area contributed by atoms with Gasteiger partial charge in [-0.05, 0) is 30.5 Å². The molecule has 0 aromatic heterocycles. The highest BCUT2D eigenvalue weighted by Crippen LogP contribution is 2.32.